The van der Waals surface area contributed by atoms with Gasteiger partial charge in [0.15, 0.2) is 5.96 Å². The van der Waals surface area contributed by atoms with Crippen molar-refractivity contribution in [3.05, 3.63) is 41.3 Å². The molecule has 0 spiro atoms. The highest BCUT2D eigenvalue weighted by molar-refractivity contribution is 14.0. The fourth-order valence-corrected chi connectivity index (χ4v) is 2.40. The van der Waals surface area contributed by atoms with E-state index in [0.717, 1.165) is 6.42 Å². The number of aliphatic imine (C=N–C) groups is 1. The van der Waals surface area contributed by atoms with Crippen LogP contribution in [0.5, 0.6) is 0 Å². The van der Waals surface area contributed by atoms with E-state index in [-0.39, 0.29) is 41.7 Å². The Kier molecular flexibility index (Phi) is 9.00. The minimum Gasteiger partial charge on any atom is -0.382 e. The molecule has 0 saturated carbocycles. The second kappa shape index (κ2) is 10.7. The number of benzene rings is 1. The number of nitrogens with one attached hydrogen (secondary N) is 1. The molecule has 0 aliphatic carbocycles. The van der Waals surface area contributed by atoms with Gasteiger partial charge in [0.05, 0.1) is 11.4 Å². The van der Waals surface area contributed by atoms with Crippen LogP contribution in [0.3, 0.4) is 0 Å². The first-order valence-corrected chi connectivity index (χ1v) is 8.56. The molecule has 2 aromatic rings. The van der Waals surface area contributed by atoms with E-state index in [9.17, 15) is 9.65 Å². The highest BCUT2D eigenvalue weighted by Crippen LogP contribution is 2.21. The highest BCUT2D eigenvalue weighted by atomic mass is 127. The lowest BCUT2D eigenvalue weighted by Gasteiger charge is -2.11. The van der Waals surface area contributed by atoms with Gasteiger partial charge >= 0.3 is 0 Å². The first-order valence-electron chi connectivity index (χ1n) is 8.56. The molecule has 0 aliphatic rings. The van der Waals surface area contributed by atoms with Crippen molar-refractivity contribution in [2.45, 2.75) is 39.2 Å². The third-order valence-corrected chi connectivity index (χ3v) is 4.04. The summed E-state index contributed by atoms with van der Waals surface area (Å²) < 4.78 is 14.5. The van der Waals surface area contributed by atoms with Crippen molar-refractivity contribution >= 4 is 35.8 Å². The Labute approximate surface area is 175 Å². The summed E-state index contributed by atoms with van der Waals surface area (Å²) in [6.45, 7) is 4.62. The first kappa shape index (κ1) is 22.7. The van der Waals surface area contributed by atoms with Gasteiger partial charge in [-0.1, -0.05) is 6.92 Å². The Morgan fingerprint density at radius 1 is 1.41 bits per heavy atom. The lowest BCUT2D eigenvalue weighted by Crippen LogP contribution is -2.38. The summed E-state index contributed by atoms with van der Waals surface area (Å²) >= 11 is 0. The van der Waals surface area contributed by atoms with Crippen molar-refractivity contribution in [2.24, 2.45) is 10.7 Å². The molecule has 1 heterocycles. The zero-order valence-electron chi connectivity index (χ0n) is 15.4. The summed E-state index contributed by atoms with van der Waals surface area (Å²) in [5.74, 6) is 0.313. The van der Waals surface area contributed by atoms with Gasteiger partial charge in [-0.3, -0.25) is 4.99 Å². The number of aryl methyl sites for hydroxylation is 1. The van der Waals surface area contributed by atoms with E-state index in [4.69, 9.17) is 11.5 Å². The third-order valence-electron chi connectivity index (χ3n) is 4.04. The monoisotopic (exact) mass is 485 g/mol. The number of rotatable bonds is 7. The van der Waals surface area contributed by atoms with Crippen molar-refractivity contribution in [3.8, 4) is 11.8 Å². The highest BCUT2D eigenvalue weighted by Gasteiger charge is 2.16. The SMILES string of the molecule is CCC(C)NC(N)=NCCCc1nn(-c2ccc(F)cc2)c(N)c1C#N.I. The summed E-state index contributed by atoms with van der Waals surface area (Å²) in [5, 5.41) is 16.9. The maximum absolute atomic E-state index is 13.1. The number of hydrogen-bond acceptors (Lipinski definition) is 4. The number of anilines is 1. The largest absolute Gasteiger partial charge is 0.382 e. The molecule has 0 amide bonds. The normalized spacial score (nSPS) is 12.1. The quantitative estimate of drug-likeness (QED) is 0.241. The summed E-state index contributed by atoms with van der Waals surface area (Å²) in [6.07, 6.45) is 2.18. The molecule has 0 aliphatic heterocycles. The molecule has 7 nitrogen and oxygen atoms in total. The van der Waals surface area contributed by atoms with Gasteiger partial charge in [0.1, 0.15) is 23.3 Å². The molecule has 0 saturated heterocycles. The average molecular weight is 485 g/mol. The number of nitrogens with zero attached hydrogens (tertiary/aromatic N) is 4. The van der Waals surface area contributed by atoms with E-state index in [2.05, 4.69) is 28.4 Å². The molecule has 1 unspecified atom stereocenters. The fourth-order valence-electron chi connectivity index (χ4n) is 2.40. The summed E-state index contributed by atoms with van der Waals surface area (Å²) in [7, 11) is 0. The number of nitrogens with two attached hydrogens (primary N) is 2. The predicted octanol–water partition coefficient (Wildman–Crippen LogP) is 2.72. The van der Waals surface area contributed by atoms with Crippen LogP contribution < -0.4 is 16.8 Å². The summed E-state index contributed by atoms with van der Waals surface area (Å²) in [5.41, 5.74) is 13.4. The Morgan fingerprint density at radius 3 is 2.67 bits per heavy atom. The van der Waals surface area contributed by atoms with Gasteiger partial charge < -0.3 is 16.8 Å². The van der Waals surface area contributed by atoms with Crippen molar-refractivity contribution in [3.63, 3.8) is 0 Å². The van der Waals surface area contributed by atoms with Crippen LogP contribution in [0.1, 0.15) is 37.9 Å². The second-order valence-electron chi connectivity index (χ2n) is 6.03. The molecular weight excluding hydrogens is 460 g/mol. The van der Waals surface area contributed by atoms with Gasteiger partial charge in [0.25, 0.3) is 0 Å². The van der Waals surface area contributed by atoms with E-state index in [1.807, 2.05) is 6.92 Å². The molecule has 0 radical (unpaired) electrons. The number of halogens is 2. The smallest absolute Gasteiger partial charge is 0.188 e. The molecule has 1 aromatic carbocycles. The van der Waals surface area contributed by atoms with E-state index >= 15 is 0 Å². The topological polar surface area (TPSA) is 118 Å². The van der Waals surface area contributed by atoms with Gasteiger partial charge in [-0.25, -0.2) is 9.07 Å². The molecular formula is C18H25FIN7. The Hall–Kier alpha value is -2.35. The zero-order valence-corrected chi connectivity index (χ0v) is 17.8. The minimum absolute atomic E-state index is 0. The van der Waals surface area contributed by atoms with E-state index < -0.39 is 0 Å². The molecule has 146 valence electrons. The summed E-state index contributed by atoms with van der Waals surface area (Å²) in [6, 6.07) is 8.14. The first-order chi connectivity index (χ1) is 12.5. The minimum atomic E-state index is -0.346. The van der Waals surface area contributed by atoms with Crippen LogP contribution in [0.25, 0.3) is 5.69 Å². The molecule has 5 N–H and O–H groups in total. The molecule has 1 atom stereocenters. The number of aromatic nitrogens is 2. The number of nitrogen functional groups attached to an aromatic ring is 1. The number of hydrogen-bond donors (Lipinski definition) is 3. The van der Waals surface area contributed by atoms with Crippen molar-refractivity contribution < 1.29 is 4.39 Å². The van der Waals surface area contributed by atoms with Crippen LogP contribution in [0.15, 0.2) is 29.3 Å². The molecule has 0 bridgehead atoms. The molecule has 9 heteroatoms. The van der Waals surface area contributed by atoms with Crippen LogP contribution >= 0.6 is 24.0 Å². The van der Waals surface area contributed by atoms with E-state index in [1.165, 1.54) is 16.8 Å². The standard InChI is InChI=1S/C18H24FN7.HI/c1-3-12(2)24-18(22)23-10-4-5-16-15(11-20)17(21)26(25-16)14-8-6-13(19)7-9-14;/h6-9,12H,3-5,10,21H2,1-2H3,(H3,22,23,24);1H. The molecule has 2 rings (SSSR count). The predicted molar refractivity (Wildman–Crippen MR) is 116 cm³/mol. The Balaban J connectivity index is 0.00000364. The maximum Gasteiger partial charge on any atom is 0.188 e. The van der Waals surface area contributed by atoms with Gasteiger partial charge in [-0.2, -0.15) is 10.4 Å². The van der Waals surface area contributed by atoms with Crippen LogP contribution in [-0.2, 0) is 6.42 Å². The maximum atomic E-state index is 13.1. The molecule has 27 heavy (non-hydrogen) atoms. The number of nitriles is 1. The van der Waals surface area contributed by atoms with Crippen LogP contribution in [0.2, 0.25) is 0 Å². The second-order valence-corrected chi connectivity index (χ2v) is 6.03. The fraction of sp³-hybridized carbons (Fsp3) is 0.389. The van der Waals surface area contributed by atoms with Gasteiger partial charge in [-0.05, 0) is 50.5 Å². The van der Waals surface area contributed by atoms with E-state index in [0.29, 0.717) is 42.3 Å². The van der Waals surface area contributed by atoms with E-state index in [1.54, 1.807) is 12.1 Å². The third kappa shape index (κ3) is 6.09. The zero-order chi connectivity index (χ0) is 19.1. The van der Waals surface area contributed by atoms with Crippen molar-refractivity contribution in [1.29, 1.82) is 5.26 Å². The summed E-state index contributed by atoms with van der Waals surface area (Å²) in [4.78, 5) is 4.27. The van der Waals surface area contributed by atoms with Crippen molar-refractivity contribution in [2.75, 3.05) is 12.3 Å². The van der Waals surface area contributed by atoms with Crippen LogP contribution in [-0.4, -0.2) is 28.3 Å². The number of guanidine groups is 1. The van der Waals surface area contributed by atoms with Gasteiger partial charge in [-0.15, -0.1) is 24.0 Å². The van der Waals surface area contributed by atoms with Crippen LogP contribution in [0, 0.1) is 17.1 Å². The lowest BCUT2D eigenvalue weighted by molar-refractivity contribution is 0.627. The Morgan fingerprint density at radius 2 is 2.07 bits per heavy atom. The van der Waals surface area contributed by atoms with Gasteiger partial charge in [0, 0.05) is 12.6 Å². The Bertz CT molecular complexity index is 808. The molecule has 1 aromatic heterocycles. The van der Waals surface area contributed by atoms with Crippen LogP contribution in [0.4, 0.5) is 10.2 Å². The average Bonchev–Trinajstić information content (AvgIpc) is 2.94. The van der Waals surface area contributed by atoms with Crippen molar-refractivity contribution in [1.82, 2.24) is 15.1 Å². The lowest BCUT2D eigenvalue weighted by atomic mass is 10.1. The molecule has 0 fully saturated rings. The van der Waals surface area contributed by atoms with Gasteiger partial charge in [0.2, 0.25) is 0 Å².